The standard InChI is InChI=1S/C10H12N4O3S/c15-6-7-2-1-3-12(7)8-9(14(16)17)13-4-5-18-10(13)11-8/h4-5,7,15H,1-3,6H2. The summed E-state index contributed by atoms with van der Waals surface area (Å²) in [6, 6.07) is -0.0618. The molecule has 18 heavy (non-hydrogen) atoms. The summed E-state index contributed by atoms with van der Waals surface area (Å²) in [5, 5.41) is 22.3. The molecule has 3 heterocycles. The van der Waals surface area contributed by atoms with Crippen molar-refractivity contribution in [1.29, 1.82) is 0 Å². The molecule has 3 rings (SSSR count). The van der Waals surface area contributed by atoms with Gasteiger partial charge in [-0.25, -0.2) is 0 Å². The number of aliphatic hydroxyl groups excluding tert-OH is 1. The molecule has 1 atom stereocenters. The van der Waals surface area contributed by atoms with Crippen LogP contribution in [0.15, 0.2) is 11.6 Å². The molecule has 2 aromatic heterocycles. The third-order valence-corrected chi connectivity index (χ3v) is 4.01. The van der Waals surface area contributed by atoms with Gasteiger partial charge in [0.1, 0.15) is 6.20 Å². The summed E-state index contributed by atoms with van der Waals surface area (Å²) in [4.78, 5) is 17.6. The van der Waals surface area contributed by atoms with E-state index in [0.717, 1.165) is 12.8 Å². The first kappa shape index (κ1) is 11.4. The minimum atomic E-state index is -0.408. The molecule has 1 fully saturated rings. The Labute approximate surface area is 106 Å². The molecule has 7 nitrogen and oxygen atoms in total. The fourth-order valence-electron chi connectivity index (χ4n) is 2.43. The van der Waals surface area contributed by atoms with Crippen LogP contribution in [0.1, 0.15) is 12.8 Å². The van der Waals surface area contributed by atoms with Crippen LogP contribution in [-0.2, 0) is 0 Å². The molecule has 1 unspecified atom stereocenters. The number of hydrogen-bond acceptors (Lipinski definition) is 6. The van der Waals surface area contributed by atoms with Crippen LogP contribution in [0.2, 0.25) is 0 Å². The molecule has 1 aliphatic rings. The Hall–Kier alpha value is -1.67. The maximum atomic E-state index is 11.2. The summed E-state index contributed by atoms with van der Waals surface area (Å²) < 4.78 is 1.49. The number of hydrogen-bond donors (Lipinski definition) is 1. The summed E-state index contributed by atoms with van der Waals surface area (Å²) in [5.41, 5.74) is 0. The number of nitrogens with zero attached hydrogens (tertiary/aromatic N) is 4. The fraction of sp³-hybridized carbons (Fsp3) is 0.500. The lowest BCUT2D eigenvalue weighted by molar-refractivity contribution is -0.389. The van der Waals surface area contributed by atoms with E-state index in [9.17, 15) is 15.2 Å². The van der Waals surface area contributed by atoms with Crippen molar-refractivity contribution in [2.75, 3.05) is 18.1 Å². The number of nitro groups is 1. The van der Waals surface area contributed by atoms with E-state index >= 15 is 0 Å². The number of anilines is 1. The van der Waals surface area contributed by atoms with Crippen molar-refractivity contribution in [1.82, 2.24) is 9.38 Å². The number of imidazole rings is 1. The highest BCUT2D eigenvalue weighted by Gasteiger charge is 2.34. The van der Waals surface area contributed by atoms with Crippen molar-refractivity contribution in [2.45, 2.75) is 18.9 Å². The number of aliphatic hydroxyl groups is 1. The molecule has 1 saturated heterocycles. The molecule has 1 aliphatic heterocycles. The van der Waals surface area contributed by atoms with E-state index in [4.69, 9.17) is 0 Å². The normalized spacial score (nSPS) is 19.8. The zero-order chi connectivity index (χ0) is 12.7. The van der Waals surface area contributed by atoms with Crippen LogP contribution >= 0.6 is 11.3 Å². The predicted molar refractivity (Wildman–Crippen MR) is 67.2 cm³/mol. The average molecular weight is 268 g/mol. The molecule has 0 bridgehead atoms. The van der Waals surface area contributed by atoms with E-state index in [1.54, 1.807) is 11.6 Å². The molecule has 96 valence electrons. The largest absolute Gasteiger partial charge is 0.394 e. The Morgan fingerprint density at radius 2 is 2.50 bits per heavy atom. The lowest BCUT2D eigenvalue weighted by atomic mass is 10.2. The summed E-state index contributed by atoms with van der Waals surface area (Å²) in [6.07, 6.45) is 3.42. The maximum Gasteiger partial charge on any atom is 0.373 e. The van der Waals surface area contributed by atoms with Crippen molar-refractivity contribution in [3.63, 3.8) is 0 Å². The first-order valence-electron chi connectivity index (χ1n) is 5.70. The van der Waals surface area contributed by atoms with Crippen LogP contribution in [0.4, 0.5) is 11.6 Å². The quantitative estimate of drug-likeness (QED) is 0.669. The third-order valence-electron chi connectivity index (χ3n) is 3.25. The van der Waals surface area contributed by atoms with Gasteiger partial charge in [0, 0.05) is 11.9 Å². The van der Waals surface area contributed by atoms with Gasteiger partial charge in [0.15, 0.2) is 0 Å². The van der Waals surface area contributed by atoms with Crippen molar-refractivity contribution >= 4 is 27.9 Å². The number of aromatic nitrogens is 2. The van der Waals surface area contributed by atoms with Crippen LogP contribution < -0.4 is 4.90 Å². The monoisotopic (exact) mass is 268 g/mol. The van der Waals surface area contributed by atoms with Crippen molar-refractivity contribution < 1.29 is 10.0 Å². The first-order chi connectivity index (χ1) is 8.72. The summed E-state index contributed by atoms with van der Waals surface area (Å²) >= 11 is 1.37. The van der Waals surface area contributed by atoms with Gasteiger partial charge in [-0.05, 0) is 17.8 Å². The molecule has 0 spiro atoms. The first-order valence-corrected chi connectivity index (χ1v) is 6.57. The smallest absolute Gasteiger partial charge is 0.373 e. The Balaban J connectivity index is 2.13. The highest BCUT2D eigenvalue weighted by atomic mass is 32.1. The van der Waals surface area contributed by atoms with Gasteiger partial charge in [-0.1, -0.05) is 11.3 Å². The van der Waals surface area contributed by atoms with Crippen LogP contribution in [0, 0.1) is 10.1 Å². The van der Waals surface area contributed by atoms with Gasteiger partial charge in [0.05, 0.1) is 12.6 Å². The Kier molecular flexibility index (Phi) is 2.67. The molecule has 0 saturated carbocycles. The number of fused-ring (bicyclic) bond motifs is 1. The van der Waals surface area contributed by atoms with Crippen LogP contribution in [-0.4, -0.2) is 38.6 Å². The average Bonchev–Trinajstić information content (AvgIpc) is 3.01. The zero-order valence-electron chi connectivity index (χ0n) is 9.52. The zero-order valence-corrected chi connectivity index (χ0v) is 10.3. The molecule has 0 amide bonds. The van der Waals surface area contributed by atoms with Gasteiger partial charge in [0.25, 0.3) is 4.96 Å². The maximum absolute atomic E-state index is 11.2. The van der Waals surface area contributed by atoms with Crippen LogP contribution in [0.25, 0.3) is 4.96 Å². The summed E-state index contributed by atoms with van der Waals surface area (Å²) in [7, 11) is 0. The highest BCUT2D eigenvalue weighted by molar-refractivity contribution is 7.15. The number of thiazole rings is 1. The predicted octanol–water partition coefficient (Wildman–Crippen LogP) is 1.27. The Morgan fingerprint density at radius 3 is 3.22 bits per heavy atom. The molecule has 1 N–H and O–H groups in total. The summed E-state index contributed by atoms with van der Waals surface area (Å²) in [5.74, 6) is 0.370. The van der Waals surface area contributed by atoms with E-state index in [1.807, 2.05) is 4.90 Å². The lowest BCUT2D eigenvalue weighted by Gasteiger charge is -2.21. The molecular weight excluding hydrogens is 256 g/mol. The Morgan fingerprint density at radius 1 is 1.67 bits per heavy atom. The van der Waals surface area contributed by atoms with E-state index < -0.39 is 4.92 Å². The second-order valence-corrected chi connectivity index (χ2v) is 5.12. The SMILES string of the molecule is O=[N+]([O-])c1c(N2CCCC2CO)nc2sccn12. The van der Waals surface area contributed by atoms with E-state index in [2.05, 4.69) is 4.98 Å². The van der Waals surface area contributed by atoms with Gasteiger partial charge in [-0.15, -0.1) is 0 Å². The summed E-state index contributed by atoms with van der Waals surface area (Å²) in [6.45, 7) is 0.708. The third kappa shape index (κ3) is 1.57. The van der Waals surface area contributed by atoms with E-state index in [1.165, 1.54) is 15.7 Å². The lowest BCUT2D eigenvalue weighted by Crippen LogP contribution is -2.32. The van der Waals surface area contributed by atoms with Crippen molar-refractivity contribution in [2.24, 2.45) is 0 Å². The molecule has 0 aliphatic carbocycles. The van der Waals surface area contributed by atoms with Gasteiger partial charge < -0.3 is 20.1 Å². The molecule has 2 aromatic rings. The van der Waals surface area contributed by atoms with Crippen molar-refractivity contribution in [3.05, 3.63) is 21.7 Å². The molecular formula is C10H12N4O3S. The van der Waals surface area contributed by atoms with E-state index in [0.29, 0.717) is 17.3 Å². The van der Waals surface area contributed by atoms with Crippen LogP contribution in [0.3, 0.4) is 0 Å². The van der Waals surface area contributed by atoms with Gasteiger partial charge in [0.2, 0.25) is 5.82 Å². The molecule has 0 aromatic carbocycles. The number of rotatable bonds is 3. The second kappa shape index (κ2) is 4.21. The molecule has 8 heteroatoms. The topological polar surface area (TPSA) is 83.9 Å². The molecule has 0 radical (unpaired) electrons. The van der Waals surface area contributed by atoms with E-state index in [-0.39, 0.29) is 18.5 Å². The highest BCUT2D eigenvalue weighted by Crippen LogP contribution is 2.34. The van der Waals surface area contributed by atoms with Gasteiger partial charge >= 0.3 is 5.82 Å². The fourth-order valence-corrected chi connectivity index (χ4v) is 3.13. The minimum absolute atomic E-state index is 0.00231. The second-order valence-electron chi connectivity index (χ2n) is 4.24. The Bertz CT molecular complexity index is 593. The van der Waals surface area contributed by atoms with Gasteiger partial charge in [-0.2, -0.15) is 9.38 Å². The van der Waals surface area contributed by atoms with Gasteiger partial charge in [-0.3, -0.25) is 0 Å². The van der Waals surface area contributed by atoms with Crippen molar-refractivity contribution in [3.8, 4) is 0 Å². The minimum Gasteiger partial charge on any atom is -0.394 e. The van der Waals surface area contributed by atoms with Crippen LogP contribution in [0.5, 0.6) is 0 Å².